The van der Waals surface area contributed by atoms with Gasteiger partial charge in [-0.2, -0.15) is 0 Å². The van der Waals surface area contributed by atoms with E-state index in [0.717, 1.165) is 6.42 Å². The van der Waals surface area contributed by atoms with E-state index in [1.807, 2.05) is 13.8 Å². The van der Waals surface area contributed by atoms with Crippen LogP contribution in [0.2, 0.25) is 0 Å². The van der Waals surface area contributed by atoms with Gasteiger partial charge < -0.3 is 15.4 Å². The number of ether oxygens (including phenoxy) is 1. The Morgan fingerprint density at radius 2 is 1.66 bits per heavy atom. The molecular weight excluding hydrogens is 390 g/mol. The number of esters is 1. The molecule has 2 rings (SSSR count). The summed E-state index contributed by atoms with van der Waals surface area (Å²) in [6, 6.07) is 12.9. The van der Waals surface area contributed by atoms with E-state index in [9.17, 15) is 14.4 Å². The van der Waals surface area contributed by atoms with Gasteiger partial charge in [0.15, 0.2) is 5.11 Å². The second kappa shape index (κ2) is 10.3. The average Bonchev–Trinajstić information content (AvgIpc) is 2.73. The third kappa shape index (κ3) is 6.39. The van der Waals surface area contributed by atoms with Gasteiger partial charge in [0.2, 0.25) is 0 Å². The van der Waals surface area contributed by atoms with Crippen molar-refractivity contribution in [2.75, 3.05) is 12.4 Å². The van der Waals surface area contributed by atoms with Gasteiger partial charge in [-0.3, -0.25) is 14.9 Å². The Kier molecular flexibility index (Phi) is 7.85. The van der Waals surface area contributed by atoms with Crippen LogP contribution < -0.4 is 16.0 Å². The first-order chi connectivity index (χ1) is 13.8. The maximum Gasteiger partial charge on any atom is 0.337 e. The fourth-order valence-corrected chi connectivity index (χ4v) is 2.57. The van der Waals surface area contributed by atoms with Crippen LogP contribution in [0.5, 0.6) is 0 Å². The van der Waals surface area contributed by atoms with E-state index >= 15 is 0 Å². The molecule has 0 spiro atoms. The quantitative estimate of drug-likeness (QED) is 0.497. The topological polar surface area (TPSA) is 96.5 Å². The Morgan fingerprint density at radius 3 is 2.28 bits per heavy atom. The highest BCUT2D eigenvalue weighted by Crippen LogP contribution is 2.11. The maximum atomic E-state index is 12.3. The van der Waals surface area contributed by atoms with Gasteiger partial charge in [-0.05, 0) is 68.0 Å². The summed E-state index contributed by atoms with van der Waals surface area (Å²) in [6.07, 6.45) is 0.834. The highest BCUT2D eigenvalue weighted by molar-refractivity contribution is 7.80. The number of hydrogen-bond donors (Lipinski definition) is 3. The van der Waals surface area contributed by atoms with E-state index in [1.165, 1.54) is 31.4 Å². The van der Waals surface area contributed by atoms with Crippen molar-refractivity contribution in [2.45, 2.75) is 26.3 Å². The zero-order valence-electron chi connectivity index (χ0n) is 16.4. The molecule has 0 aliphatic rings. The molecule has 0 aliphatic heterocycles. The summed E-state index contributed by atoms with van der Waals surface area (Å²) in [4.78, 5) is 36.0. The number of carbonyl (C=O) groups is 3. The van der Waals surface area contributed by atoms with E-state index in [1.54, 1.807) is 24.3 Å². The highest BCUT2D eigenvalue weighted by Gasteiger charge is 2.12. The van der Waals surface area contributed by atoms with E-state index < -0.39 is 11.9 Å². The number of benzene rings is 2. The lowest BCUT2D eigenvalue weighted by Gasteiger charge is -2.13. The first kappa shape index (κ1) is 22.0. The molecule has 1 unspecified atom stereocenters. The Balaban J connectivity index is 1.98. The van der Waals surface area contributed by atoms with Crippen molar-refractivity contribution in [1.29, 1.82) is 0 Å². The third-order valence-corrected chi connectivity index (χ3v) is 4.37. The SMILES string of the molecule is CCC(C)NC(=O)c1cccc(NC(=S)NC(=O)c2ccc(C(=O)OC)cc2)c1. The number of hydrogen-bond acceptors (Lipinski definition) is 5. The summed E-state index contributed by atoms with van der Waals surface area (Å²) in [5, 5.41) is 8.44. The number of nitrogens with one attached hydrogen (secondary N) is 3. The Labute approximate surface area is 174 Å². The lowest BCUT2D eigenvalue weighted by Crippen LogP contribution is -2.34. The van der Waals surface area contributed by atoms with Crippen molar-refractivity contribution in [3.63, 3.8) is 0 Å². The minimum atomic E-state index is -0.480. The molecule has 7 nitrogen and oxygen atoms in total. The Bertz CT molecular complexity index is 912. The van der Waals surface area contributed by atoms with Crippen LogP contribution in [-0.4, -0.2) is 36.0 Å². The summed E-state index contributed by atoms with van der Waals surface area (Å²) in [6.45, 7) is 3.93. The number of anilines is 1. The molecule has 1 atom stereocenters. The molecule has 3 N–H and O–H groups in total. The van der Waals surface area contributed by atoms with Crippen LogP contribution in [0, 0.1) is 0 Å². The lowest BCUT2D eigenvalue weighted by molar-refractivity contribution is 0.0600. The number of rotatable bonds is 6. The van der Waals surface area contributed by atoms with Gasteiger partial charge in [-0.1, -0.05) is 13.0 Å². The third-order valence-electron chi connectivity index (χ3n) is 4.17. The van der Waals surface area contributed by atoms with Crippen molar-refractivity contribution in [1.82, 2.24) is 10.6 Å². The van der Waals surface area contributed by atoms with Gasteiger partial charge in [0.1, 0.15) is 0 Å². The van der Waals surface area contributed by atoms with Crippen molar-refractivity contribution >= 4 is 40.8 Å². The fourth-order valence-electron chi connectivity index (χ4n) is 2.36. The second-order valence-electron chi connectivity index (χ2n) is 6.34. The molecule has 2 amide bonds. The second-order valence-corrected chi connectivity index (χ2v) is 6.75. The molecule has 2 aromatic rings. The predicted molar refractivity (Wildman–Crippen MR) is 115 cm³/mol. The molecule has 0 heterocycles. The molecule has 0 saturated heterocycles. The molecule has 0 radical (unpaired) electrons. The van der Waals surface area contributed by atoms with Crippen molar-refractivity contribution in [2.24, 2.45) is 0 Å². The summed E-state index contributed by atoms with van der Waals surface area (Å²) >= 11 is 5.18. The van der Waals surface area contributed by atoms with Crippen LogP contribution >= 0.6 is 12.2 Å². The van der Waals surface area contributed by atoms with Crippen LogP contribution in [0.15, 0.2) is 48.5 Å². The van der Waals surface area contributed by atoms with Crippen molar-refractivity contribution in [3.05, 3.63) is 65.2 Å². The summed E-state index contributed by atoms with van der Waals surface area (Å²) in [7, 11) is 1.29. The Hall–Kier alpha value is -3.26. The normalized spacial score (nSPS) is 11.1. The first-order valence-corrected chi connectivity index (χ1v) is 9.46. The summed E-state index contributed by atoms with van der Waals surface area (Å²) in [5.74, 6) is -1.08. The van der Waals surface area contributed by atoms with Gasteiger partial charge >= 0.3 is 5.97 Å². The predicted octanol–water partition coefficient (Wildman–Crippen LogP) is 3.13. The minimum Gasteiger partial charge on any atom is -0.465 e. The molecule has 0 aliphatic carbocycles. The molecule has 8 heteroatoms. The van der Waals surface area contributed by atoms with Gasteiger partial charge in [-0.15, -0.1) is 0 Å². The van der Waals surface area contributed by atoms with Crippen LogP contribution in [0.4, 0.5) is 5.69 Å². The minimum absolute atomic E-state index is 0.0741. The first-order valence-electron chi connectivity index (χ1n) is 9.05. The molecule has 29 heavy (non-hydrogen) atoms. The van der Waals surface area contributed by atoms with Crippen LogP contribution in [0.1, 0.15) is 51.3 Å². The molecule has 0 saturated carbocycles. The number of carbonyl (C=O) groups excluding carboxylic acids is 3. The van der Waals surface area contributed by atoms with Crippen molar-refractivity contribution in [3.8, 4) is 0 Å². The maximum absolute atomic E-state index is 12.3. The standard InChI is InChI=1S/C21H23N3O4S/c1-4-13(2)22-19(26)16-6-5-7-17(12-16)23-21(29)24-18(25)14-8-10-15(11-9-14)20(27)28-3/h5-13H,4H2,1-3H3,(H,22,26)(H2,23,24,25,29). The molecule has 0 aromatic heterocycles. The zero-order chi connectivity index (χ0) is 21.4. The Morgan fingerprint density at radius 1 is 1.00 bits per heavy atom. The van der Waals surface area contributed by atoms with E-state index in [2.05, 4.69) is 20.7 Å². The van der Waals surface area contributed by atoms with Crippen LogP contribution in [-0.2, 0) is 4.74 Å². The molecule has 0 bridgehead atoms. The monoisotopic (exact) mass is 413 g/mol. The summed E-state index contributed by atoms with van der Waals surface area (Å²) < 4.78 is 4.62. The molecule has 152 valence electrons. The molecule has 2 aromatic carbocycles. The number of amides is 2. The van der Waals surface area contributed by atoms with Gasteiger partial charge in [0, 0.05) is 22.9 Å². The summed E-state index contributed by atoms with van der Waals surface area (Å²) in [5.41, 5.74) is 1.75. The number of thiocarbonyl (C=S) groups is 1. The van der Waals surface area contributed by atoms with Crippen LogP contribution in [0.25, 0.3) is 0 Å². The van der Waals surface area contributed by atoms with E-state index in [-0.39, 0.29) is 17.1 Å². The van der Waals surface area contributed by atoms with E-state index in [4.69, 9.17) is 12.2 Å². The van der Waals surface area contributed by atoms with Gasteiger partial charge in [0.05, 0.1) is 12.7 Å². The van der Waals surface area contributed by atoms with Gasteiger partial charge in [0.25, 0.3) is 11.8 Å². The fraction of sp³-hybridized carbons (Fsp3) is 0.238. The highest BCUT2D eigenvalue weighted by atomic mass is 32.1. The zero-order valence-corrected chi connectivity index (χ0v) is 17.3. The molecule has 0 fully saturated rings. The van der Waals surface area contributed by atoms with Gasteiger partial charge in [-0.25, -0.2) is 4.79 Å². The van der Waals surface area contributed by atoms with Crippen molar-refractivity contribution < 1.29 is 19.1 Å². The molecular formula is C21H23N3O4S. The lowest BCUT2D eigenvalue weighted by atomic mass is 10.1. The largest absolute Gasteiger partial charge is 0.465 e. The van der Waals surface area contributed by atoms with E-state index in [0.29, 0.717) is 22.4 Å². The van der Waals surface area contributed by atoms with Crippen LogP contribution in [0.3, 0.4) is 0 Å². The number of methoxy groups -OCH3 is 1. The average molecular weight is 413 g/mol. The smallest absolute Gasteiger partial charge is 0.337 e.